The van der Waals surface area contributed by atoms with Crippen LogP contribution in [0.1, 0.15) is 32.6 Å². The Hall–Kier alpha value is -1.11. The monoisotopic (exact) mass is 417 g/mol. The van der Waals surface area contributed by atoms with E-state index in [2.05, 4.69) is 21.2 Å². The Morgan fingerprint density at radius 3 is 2.67 bits per heavy atom. The number of anilines is 1. The quantitative estimate of drug-likeness (QED) is 0.788. The largest absolute Gasteiger partial charge is 0.336 e. The number of hydrogen-bond donors (Lipinski definition) is 2. The van der Waals surface area contributed by atoms with Gasteiger partial charge in [-0.2, -0.15) is 0 Å². The van der Waals surface area contributed by atoms with E-state index in [0.29, 0.717) is 5.69 Å². The van der Waals surface area contributed by atoms with Crippen molar-refractivity contribution >= 4 is 45.8 Å². The number of carbonyl (C=O) groups excluding carboxylic acids is 2. The zero-order valence-corrected chi connectivity index (χ0v) is 16.5. The summed E-state index contributed by atoms with van der Waals surface area (Å²) in [5, 5.41) is 2.81. The van der Waals surface area contributed by atoms with Crippen LogP contribution in [0.25, 0.3) is 0 Å². The van der Waals surface area contributed by atoms with E-state index in [0.717, 1.165) is 30.2 Å². The molecule has 0 aliphatic heterocycles. The second-order valence-electron chi connectivity index (χ2n) is 6.53. The molecule has 24 heavy (non-hydrogen) atoms. The molecule has 0 radical (unpaired) electrons. The standard InChI is InChI=1S/C17H24BrN3O2.ClH/c1-17(19)10-6-5-7-12(17)16(23)21(2)11-15(22)20-14-9-4-3-8-13(14)18;/h3-4,8-9,12H,5-7,10-11,19H2,1-2H3,(H,20,22);1H. The van der Waals surface area contributed by atoms with Crippen LogP contribution in [-0.4, -0.2) is 35.8 Å². The Balaban J connectivity index is 0.00000288. The molecule has 1 saturated carbocycles. The number of nitrogens with two attached hydrogens (primary N) is 1. The van der Waals surface area contributed by atoms with Gasteiger partial charge in [-0.25, -0.2) is 0 Å². The summed E-state index contributed by atoms with van der Waals surface area (Å²) in [6.45, 7) is 1.95. The van der Waals surface area contributed by atoms with E-state index < -0.39 is 5.54 Å². The number of rotatable bonds is 4. The smallest absolute Gasteiger partial charge is 0.244 e. The molecule has 0 bridgehead atoms. The highest BCUT2D eigenvalue weighted by Crippen LogP contribution is 2.32. The predicted octanol–water partition coefficient (Wildman–Crippen LogP) is 3.18. The minimum atomic E-state index is -0.484. The minimum absolute atomic E-state index is 0. The molecule has 1 aromatic carbocycles. The van der Waals surface area contributed by atoms with Crippen molar-refractivity contribution in [3.8, 4) is 0 Å². The first-order chi connectivity index (χ1) is 10.8. The summed E-state index contributed by atoms with van der Waals surface area (Å²) < 4.78 is 0.809. The lowest BCUT2D eigenvalue weighted by Crippen LogP contribution is -2.53. The molecule has 0 saturated heterocycles. The van der Waals surface area contributed by atoms with E-state index in [9.17, 15) is 9.59 Å². The van der Waals surface area contributed by atoms with Crippen molar-refractivity contribution in [2.24, 2.45) is 11.7 Å². The van der Waals surface area contributed by atoms with E-state index in [1.54, 1.807) is 7.05 Å². The Morgan fingerprint density at radius 2 is 2.04 bits per heavy atom. The van der Waals surface area contributed by atoms with Crippen molar-refractivity contribution < 1.29 is 9.59 Å². The van der Waals surface area contributed by atoms with Crippen LogP contribution in [0.4, 0.5) is 5.69 Å². The summed E-state index contributed by atoms with van der Waals surface area (Å²) >= 11 is 3.39. The molecule has 7 heteroatoms. The average molecular weight is 419 g/mol. The van der Waals surface area contributed by atoms with Crippen LogP contribution in [0.3, 0.4) is 0 Å². The summed E-state index contributed by atoms with van der Waals surface area (Å²) in [5.41, 5.74) is 6.49. The maximum Gasteiger partial charge on any atom is 0.244 e. The maximum atomic E-state index is 12.6. The number of carbonyl (C=O) groups is 2. The molecule has 0 aromatic heterocycles. The lowest BCUT2D eigenvalue weighted by atomic mass is 9.74. The summed E-state index contributed by atoms with van der Waals surface area (Å²) in [5.74, 6) is -0.475. The van der Waals surface area contributed by atoms with Gasteiger partial charge in [0.15, 0.2) is 0 Å². The van der Waals surface area contributed by atoms with Crippen molar-refractivity contribution in [3.05, 3.63) is 28.7 Å². The van der Waals surface area contributed by atoms with Crippen molar-refractivity contribution in [1.29, 1.82) is 0 Å². The van der Waals surface area contributed by atoms with E-state index in [1.807, 2.05) is 31.2 Å². The highest BCUT2D eigenvalue weighted by Gasteiger charge is 2.39. The van der Waals surface area contributed by atoms with Crippen LogP contribution in [0.15, 0.2) is 28.7 Å². The summed E-state index contributed by atoms with van der Waals surface area (Å²) in [6.07, 6.45) is 3.71. The third-order valence-corrected chi connectivity index (χ3v) is 5.15. The molecular formula is C17H25BrClN3O2. The normalized spacial score (nSPS) is 23.1. The van der Waals surface area contributed by atoms with Crippen LogP contribution in [0.5, 0.6) is 0 Å². The van der Waals surface area contributed by atoms with E-state index in [4.69, 9.17) is 5.73 Å². The van der Waals surface area contributed by atoms with Crippen LogP contribution in [-0.2, 0) is 9.59 Å². The van der Waals surface area contributed by atoms with Crippen molar-refractivity contribution in [1.82, 2.24) is 4.90 Å². The third kappa shape index (κ3) is 5.19. The molecule has 3 N–H and O–H groups in total. The molecule has 1 aliphatic carbocycles. The molecule has 0 spiro atoms. The van der Waals surface area contributed by atoms with E-state index in [-0.39, 0.29) is 36.7 Å². The number of para-hydroxylation sites is 1. The fraction of sp³-hybridized carbons (Fsp3) is 0.529. The Morgan fingerprint density at radius 1 is 1.38 bits per heavy atom. The van der Waals surface area contributed by atoms with Gasteiger partial charge in [-0.3, -0.25) is 9.59 Å². The fourth-order valence-corrected chi connectivity index (χ4v) is 3.46. The molecule has 0 heterocycles. The van der Waals surface area contributed by atoms with Crippen molar-refractivity contribution in [3.63, 3.8) is 0 Å². The number of likely N-dealkylation sites (N-methyl/N-ethyl adjacent to an activating group) is 1. The van der Waals surface area contributed by atoms with Crippen LogP contribution < -0.4 is 11.1 Å². The molecule has 2 rings (SSSR count). The summed E-state index contributed by atoms with van der Waals surface area (Å²) in [6, 6.07) is 7.38. The lowest BCUT2D eigenvalue weighted by molar-refractivity contribution is -0.139. The molecule has 2 unspecified atom stereocenters. The van der Waals surface area contributed by atoms with Gasteiger partial charge in [-0.15, -0.1) is 12.4 Å². The van der Waals surface area contributed by atoms with Gasteiger partial charge >= 0.3 is 0 Å². The molecule has 1 aliphatic rings. The van der Waals surface area contributed by atoms with Gasteiger partial charge in [-0.1, -0.05) is 25.0 Å². The Bertz CT molecular complexity index is 595. The molecule has 2 amide bonds. The van der Waals surface area contributed by atoms with Gasteiger partial charge in [0.05, 0.1) is 18.2 Å². The second kappa shape index (κ2) is 8.83. The maximum absolute atomic E-state index is 12.6. The minimum Gasteiger partial charge on any atom is -0.336 e. The molecule has 134 valence electrons. The molecular weight excluding hydrogens is 394 g/mol. The van der Waals surface area contributed by atoms with Gasteiger partial charge in [-0.05, 0) is 47.8 Å². The van der Waals surface area contributed by atoms with Gasteiger partial charge in [0.2, 0.25) is 11.8 Å². The number of halogens is 2. The number of amides is 2. The summed E-state index contributed by atoms with van der Waals surface area (Å²) in [7, 11) is 1.66. The molecule has 1 fully saturated rings. The predicted molar refractivity (Wildman–Crippen MR) is 102 cm³/mol. The third-order valence-electron chi connectivity index (χ3n) is 4.46. The number of hydrogen-bond acceptors (Lipinski definition) is 3. The van der Waals surface area contributed by atoms with Crippen LogP contribution >= 0.6 is 28.3 Å². The van der Waals surface area contributed by atoms with Crippen molar-refractivity contribution in [2.45, 2.75) is 38.1 Å². The highest BCUT2D eigenvalue weighted by atomic mass is 79.9. The first-order valence-electron chi connectivity index (χ1n) is 7.89. The topological polar surface area (TPSA) is 75.4 Å². The molecule has 2 atom stereocenters. The Kier molecular flexibility index (Phi) is 7.70. The van der Waals surface area contributed by atoms with E-state index >= 15 is 0 Å². The zero-order chi connectivity index (χ0) is 17.0. The first kappa shape index (κ1) is 20.9. The van der Waals surface area contributed by atoms with Gasteiger partial charge in [0.1, 0.15) is 0 Å². The zero-order valence-electron chi connectivity index (χ0n) is 14.0. The molecule has 5 nitrogen and oxygen atoms in total. The van der Waals surface area contributed by atoms with Crippen molar-refractivity contribution in [2.75, 3.05) is 18.9 Å². The number of nitrogens with zero attached hydrogens (tertiary/aromatic N) is 1. The van der Waals surface area contributed by atoms with Crippen LogP contribution in [0.2, 0.25) is 0 Å². The Labute approximate surface area is 157 Å². The van der Waals surface area contributed by atoms with Gasteiger partial charge in [0, 0.05) is 17.1 Å². The first-order valence-corrected chi connectivity index (χ1v) is 8.69. The molecule has 1 aromatic rings. The van der Waals surface area contributed by atoms with Gasteiger partial charge in [0.25, 0.3) is 0 Å². The number of benzene rings is 1. The lowest BCUT2D eigenvalue weighted by Gasteiger charge is -2.39. The van der Waals surface area contributed by atoms with E-state index in [1.165, 1.54) is 4.90 Å². The fourth-order valence-electron chi connectivity index (χ4n) is 3.08. The second-order valence-corrected chi connectivity index (χ2v) is 7.38. The van der Waals surface area contributed by atoms with Gasteiger partial charge < -0.3 is 16.0 Å². The highest BCUT2D eigenvalue weighted by molar-refractivity contribution is 9.10. The average Bonchev–Trinajstić information content (AvgIpc) is 2.48. The number of nitrogens with one attached hydrogen (secondary N) is 1. The summed E-state index contributed by atoms with van der Waals surface area (Å²) in [4.78, 5) is 26.3. The van der Waals surface area contributed by atoms with Crippen LogP contribution in [0, 0.1) is 5.92 Å². The SMILES string of the molecule is CN(CC(=O)Nc1ccccc1Br)C(=O)C1CCCCC1(C)N.Cl.